The van der Waals surface area contributed by atoms with Gasteiger partial charge in [0.15, 0.2) is 11.8 Å². The van der Waals surface area contributed by atoms with Crippen LogP contribution in [0.1, 0.15) is 9.68 Å². The van der Waals surface area contributed by atoms with Crippen molar-refractivity contribution in [1.82, 2.24) is 18.9 Å². The van der Waals surface area contributed by atoms with Crippen molar-refractivity contribution < 1.29 is 8.68 Å². The molecule has 0 radical (unpaired) electrons. The zero-order valence-electron chi connectivity index (χ0n) is 13.5. The van der Waals surface area contributed by atoms with Gasteiger partial charge in [-0.25, -0.2) is 23.5 Å². The standard InChI is InChI=1S/C15H12N5/c1-18-14-12(7-11-4-6-16-9-20(11)14)19-8-10-3-2-5-17-13(10)15(18)19/h2-7,9H,8H2,1H3/q+1/i1D3. The van der Waals surface area contributed by atoms with Crippen LogP contribution in [0.3, 0.4) is 0 Å². The Morgan fingerprint density at radius 1 is 1.35 bits per heavy atom. The Morgan fingerprint density at radius 2 is 2.35 bits per heavy atom. The third kappa shape index (κ3) is 1.02. The molecule has 0 fully saturated rings. The van der Waals surface area contributed by atoms with Crippen LogP contribution < -0.4 is 4.57 Å². The summed E-state index contributed by atoms with van der Waals surface area (Å²) in [5.41, 5.74) is 4.19. The molecule has 0 saturated carbocycles. The van der Waals surface area contributed by atoms with Crippen LogP contribution in [-0.2, 0) is 13.5 Å². The molecule has 20 heavy (non-hydrogen) atoms. The number of hydrogen-bond donors (Lipinski definition) is 0. The van der Waals surface area contributed by atoms with E-state index in [1.807, 2.05) is 33.2 Å². The van der Waals surface area contributed by atoms with Crippen molar-refractivity contribution in [3.8, 4) is 11.5 Å². The average molecular weight is 265 g/mol. The quantitative estimate of drug-likeness (QED) is 0.398. The van der Waals surface area contributed by atoms with Crippen molar-refractivity contribution in [2.24, 2.45) is 6.98 Å². The van der Waals surface area contributed by atoms with Gasteiger partial charge >= 0.3 is 0 Å². The molecule has 0 aromatic carbocycles. The van der Waals surface area contributed by atoms with E-state index in [1.54, 1.807) is 18.7 Å². The second-order valence-electron chi connectivity index (χ2n) is 4.98. The second kappa shape index (κ2) is 3.25. The third-order valence-corrected chi connectivity index (χ3v) is 3.94. The van der Waals surface area contributed by atoms with Gasteiger partial charge in [0.2, 0.25) is 0 Å². The zero-order valence-corrected chi connectivity index (χ0v) is 10.5. The lowest BCUT2D eigenvalue weighted by Crippen LogP contribution is -2.30. The van der Waals surface area contributed by atoms with Crippen molar-refractivity contribution in [3.05, 3.63) is 48.5 Å². The van der Waals surface area contributed by atoms with Crippen molar-refractivity contribution >= 4 is 16.7 Å². The summed E-state index contributed by atoms with van der Waals surface area (Å²) in [7, 11) is 0. The summed E-state index contributed by atoms with van der Waals surface area (Å²) in [6.45, 7) is -1.68. The van der Waals surface area contributed by atoms with Gasteiger partial charge in [0.05, 0.1) is 17.6 Å². The molecule has 0 aliphatic carbocycles. The topological polar surface area (TPSA) is 39.0 Å². The second-order valence-corrected chi connectivity index (χ2v) is 4.98. The molecule has 0 amide bonds. The minimum Gasteiger partial charge on any atom is -0.249 e. The monoisotopic (exact) mass is 265 g/mol. The Labute approximate surface area is 119 Å². The molecular formula is C15H12N5+. The highest BCUT2D eigenvalue weighted by Crippen LogP contribution is 2.32. The van der Waals surface area contributed by atoms with E-state index in [1.165, 1.54) is 4.57 Å². The summed E-state index contributed by atoms with van der Waals surface area (Å²) in [6.07, 6.45) is 5.05. The van der Waals surface area contributed by atoms with E-state index in [2.05, 4.69) is 9.97 Å². The Morgan fingerprint density at radius 3 is 3.30 bits per heavy atom. The molecule has 5 heterocycles. The van der Waals surface area contributed by atoms with Crippen LogP contribution in [0.2, 0.25) is 0 Å². The van der Waals surface area contributed by atoms with Crippen molar-refractivity contribution in [1.29, 1.82) is 0 Å². The van der Waals surface area contributed by atoms with Gasteiger partial charge in [0.25, 0.3) is 11.5 Å². The van der Waals surface area contributed by atoms with Crippen molar-refractivity contribution in [3.63, 3.8) is 0 Å². The van der Waals surface area contributed by atoms with E-state index < -0.39 is 6.98 Å². The molecular weight excluding hydrogens is 250 g/mol. The number of rotatable bonds is 0. The fourth-order valence-corrected chi connectivity index (χ4v) is 3.08. The van der Waals surface area contributed by atoms with E-state index in [0.29, 0.717) is 18.0 Å². The highest BCUT2D eigenvalue weighted by molar-refractivity contribution is 5.82. The van der Waals surface area contributed by atoms with Gasteiger partial charge in [0, 0.05) is 24.0 Å². The van der Waals surface area contributed by atoms with Crippen LogP contribution in [0, 0.1) is 0 Å². The molecule has 5 rings (SSSR count). The normalized spacial score (nSPS) is 15.9. The van der Waals surface area contributed by atoms with E-state index >= 15 is 0 Å². The van der Waals surface area contributed by atoms with Crippen LogP contribution >= 0.6 is 0 Å². The number of fused-ring (bicyclic) bond motifs is 7. The minimum absolute atomic E-state index is 0.624. The molecule has 4 aromatic rings. The summed E-state index contributed by atoms with van der Waals surface area (Å²) < 4.78 is 29.3. The Kier molecular flexibility index (Phi) is 1.27. The van der Waals surface area contributed by atoms with Crippen molar-refractivity contribution in [2.45, 2.75) is 6.54 Å². The summed E-state index contributed by atoms with van der Waals surface area (Å²) in [4.78, 5) is 8.54. The van der Waals surface area contributed by atoms with Gasteiger partial charge in [0.1, 0.15) is 11.2 Å². The summed E-state index contributed by atoms with van der Waals surface area (Å²) in [5, 5.41) is 0. The van der Waals surface area contributed by atoms with E-state index in [9.17, 15) is 0 Å². The predicted octanol–water partition coefficient (Wildman–Crippen LogP) is 1.54. The first-order valence-electron chi connectivity index (χ1n) is 7.90. The molecule has 0 atom stereocenters. The Balaban J connectivity index is 2.01. The maximum absolute atomic E-state index is 8.02. The molecule has 4 aromatic heterocycles. The minimum atomic E-state index is -2.30. The number of aryl methyl sites for hydroxylation is 1. The summed E-state index contributed by atoms with van der Waals surface area (Å²) in [5.74, 6) is 0.629. The maximum Gasteiger partial charge on any atom is 0.274 e. The smallest absolute Gasteiger partial charge is 0.249 e. The SMILES string of the molecule is [2H]C([2H])([2H])[n+]1c2n(c3cc4ccncn4c31)Cc1cccnc1-2. The first-order chi connectivity index (χ1) is 11.1. The van der Waals surface area contributed by atoms with Crippen LogP contribution in [-0.4, -0.2) is 18.9 Å². The van der Waals surface area contributed by atoms with Gasteiger partial charge in [-0.05, 0) is 12.1 Å². The first-order valence-corrected chi connectivity index (χ1v) is 6.40. The number of pyridine rings is 1. The molecule has 1 aliphatic heterocycles. The molecule has 0 bridgehead atoms. The lowest BCUT2D eigenvalue weighted by Gasteiger charge is -1.96. The van der Waals surface area contributed by atoms with Crippen LogP contribution in [0.4, 0.5) is 0 Å². The van der Waals surface area contributed by atoms with E-state index in [-0.39, 0.29) is 0 Å². The third-order valence-electron chi connectivity index (χ3n) is 3.94. The van der Waals surface area contributed by atoms with Gasteiger partial charge in [-0.15, -0.1) is 0 Å². The maximum atomic E-state index is 8.02. The highest BCUT2D eigenvalue weighted by atomic mass is 15.2. The fraction of sp³-hybridized carbons (Fsp3) is 0.133. The molecule has 0 saturated heterocycles. The lowest BCUT2D eigenvalue weighted by molar-refractivity contribution is -0.636. The lowest BCUT2D eigenvalue weighted by atomic mass is 10.2. The first kappa shape index (κ1) is 7.79. The molecule has 5 heteroatoms. The molecule has 5 nitrogen and oxygen atoms in total. The largest absolute Gasteiger partial charge is 0.274 e. The Bertz CT molecular complexity index is 1090. The van der Waals surface area contributed by atoms with Crippen LogP contribution in [0.25, 0.3) is 28.2 Å². The number of imidazole rings is 1. The average Bonchev–Trinajstić information content (AvgIpc) is 3.13. The highest BCUT2D eigenvalue weighted by Gasteiger charge is 2.33. The van der Waals surface area contributed by atoms with Gasteiger partial charge < -0.3 is 0 Å². The van der Waals surface area contributed by atoms with Crippen molar-refractivity contribution in [2.75, 3.05) is 0 Å². The summed E-state index contributed by atoms with van der Waals surface area (Å²) >= 11 is 0. The number of hydrogen-bond acceptors (Lipinski definition) is 2. The fourth-order valence-electron chi connectivity index (χ4n) is 3.08. The Hall–Kier alpha value is -2.69. The summed E-state index contributed by atoms with van der Waals surface area (Å²) in [6, 6.07) is 7.73. The molecule has 0 N–H and O–H groups in total. The molecule has 96 valence electrons. The number of nitrogens with zero attached hydrogens (tertiary/aromatic N) is 5. The molecule has 1 aliphatic rings. The van der Waals surface area contributed by atoms with Gasteiger partial charge in [-0.1, -0.05) is 6.07 Å². The van der Waals surface area contributed by atoms with Crippen LogP contribution in [0.15, 0.2) is 43.0 Å². The van der Waals surface area contributed by atoms with Crippen LogP contribution in [0.5, 0.6) is 0 Å². The zero-order chi connectivity index (χ0) is 15.8. The van der Waals surface area contributed by atoms with Gasteiger partial charge in [-0.3, -0.25) is 0 Å². The molecule has 0 spiro atoms. The number of aromatic nitrogens is 5. The van der Waals surface area contributed by atoms with E-state index in [4.69, 9.17) is 4.11 Å². The van der Waals surface area contributed by atoms with Gasteiger partial charge in [-0.2, -0.15) is 0 Å². The predicted molar refractivity (Wildman–Crippen MR) is 74.2 cm³/mol. The molecule has 0 unspecified atom stereocenters. The van der Waals surface area contributed by atoms with E-state index in [0.717, 1.165) is 22.3 Å².